The molecule has 6 nitrogen and oxygen atoms in total. The summed E-state index contributed by atoms with van der Waals surface area (Å²) in [6.07, 6.45) is 3.21. The fourth-order valence-electron chi connectivity index (χ4n) is 2.03. The molecule has 2 N–H and O–H groups in total. The van der Waals surface area contributed by atoms with Crippen LogP contribution in [0, 0.1) is 0 Å². The lowest BCUT2D eigenvalue weighted by molar-refractivity contribution is 0.406. The van der Waals surface area contributed by atoms with Crippen molar-refractivity contribution in [1.29, 1.82) is 0 Å². The Morgan fingerprint density at radius 1 is 1.25 bits per heavy atom. The van der Waals surface area contributed by atoms with E-state index in [0.717, 1.165) is 16.6 Å². The molecule has 2 heterocycles. The first-order valence-electron chi connectivity index (χ1n) is 5.98. The second kappa shape index (κ2) is 4.65. The van der Waals surface area contributed by atoms with E-state index in [4.69, 9.17) is 10.5 Å². The zero-order valence-corrected chi connectivity index (χ0v) is 10.8. The number of rotatable bonds is 2. The third-order valence-corrected chi connectivity index (χ3v) is 2.99. The molecule has 0 radical (unpaired) electrons. The molecule has 0 amide bonds. The molecule has 0 aliphatic heterocycles. The molecule has 0 saturated carbocycles. The first-order valence-corrected chi connectivity index (χ1v) is 5.98. The first kappa shape index (κ1) is 12.2. The van der Waals surface area contributed by atoms with Gasteiger partial charge in [-0.25, -0.2) is 4.68 Å². The molecular formula is C14H12N4O2. The number of methoxy groups -OCH3 is 1. The summed E-state index contributed by atoms with van der Waals surface area (Å²) in [7, 11) is 1.42. The number of benzene rings is 1. The van der Waals surface area contributed by atoms with E-state index in [1.165, 1.54) is 18.0 Å². The van der Waals surface area contributed by atoms with Gasteiger partial charge in [0.1, 0.15) is 0 Å². The average Bonchev–Trinajstić information content (AvgIpc) is 2.49. The molecule has 0 spiro atoms. The van der Waals surface area contributed by atoms with E-state index in [1.807, 2.05) is 30.3 Å². The monoisotopic (exact) mass is 268 g/mol. The number of nitrogens with two attached hydrogens (primary N) is 1. The summed E-state index contributed by atoms with van der Waals surface area (Å²) in [6, 6.07) is 9.51. The number of ether oxygens (including phenoxy) is 1. The van der Waals surface area contributed by atoms with Crippen LogP contribution in [-0.2, 0) is 0 Å². The summed E-state index contributed by atoms with van der Waals surface area (Å²) in [5.41, 5.74) is 6.71. The maximum Gasteiger partial charge on any atom is 0.265 e. The van der Waals surface area contributed by atoms with Gasteiger partial charge in [0.25, 0.3) is 5.43 Å². The van der Waals surface area contributed by atoms with Crippen LogP contribution in [0.4, 0.5) is 5.82 Å². The zero-order valence-electron chi connectivity index (χ0n) is 10.8. The highest BCUT2D eigenvalue weighted by Gasteiger charge is 2.10. The zero-order chi connectivity index (χ0) is 14.1. The van der Waals surface area contributed by atoms with Crippen molar-refractivity contribution in [2.75, 3.05) is 12.8 Å². The standard InChI is InChI=1S/C14H12N4O2/c1-20-11-8-18(17-14(15)13(11)19)10-6-2-4-9-5-3-7-16-12(9)10/h2-8H,1H3,(H2,15,17). The minimum atomic E-state index is -0.419. The molecule has 100 valence electrons. The number of nitrogens with zero attached hydrogens (tertiary/aromatic N) is 3. The van der Waals surface area contributed by atoms with Gasteiger partial charge in [0.15, 0.2) is 11.6 Å². The molecule has 3 aromatic rings. The van der Waals surface area contributed by atoms with Crippen molar-refractivity contribution in [1.82, 2.24) is 14.8 Å². The summed E-state index contributed by atoms with van der Waals surface area (Å²) >= 11 is 0. The van der Waals surface area contributed by atoms with Gasteiger partial charge in [0, 0.05) is 11.6 Å². The predicted molar refractivity (Wildman–Crippen MR) is 76.1 cm³/mol. The third kappa shape index (κ3) is 1.87. The highest BCUT2D eigenvalue weighted by atomic mass is 16.5. The summed E-state index contributed by atoms with van der Waals surface area (Å²) in [5, 5.41) is 5.04. The fraction of sp³-hybridized carbons (Fsp3) is 0.0714. The Morgan fingerprint density at radius 2 is 2.05 bits per heavy atom. The SMILES string of the molecule is COc1cn(-c2cccc3cccnc23)nc(N)c1=O. The van der Waals surface area contributed by atoms with Gasteiger partial charge in [-0.3, -0.25) is 9.78 Å². The van der Waals surface area contributed by atoms with Crippen LogP contribution < -0.4 is 15.9 Å². The van der Waals surface area contributed by atoms with E-state index in [1.54, 1.807) is 6.20 Å². The van der Waals surface area contributed by atoms with Gasteiger partial charge in [-0.1, -0.05) is 18.2 Å². The maximum absolute atomic E-state index is 11.7. The number of pyridine rings is 1. The first-order chi connectivity index (χ1) is 9.70. The molecule has 0 unspecified atom stereocenters. The van der Waals surface area contributed by atoms with Crippen molar-refractivity contribution in [2.24, 2.45) is 0 Å². The third-order valence-electron chi connectivity index (χ3n) is 2.99. The van der Waals surface area contributed by atoms with Gasteiger partial charge in [0.2, 0.25) is 0 Å². The molecule has 6 heteroatoms. The molecular weight excluding hydrogens is 256 g/mol. The van der Waals surface area contributed by atoms with Crippen molar-refractivity contribution in [2.45, 2.75) is 0 Å². The Bertz CT molecular complexity index is 837. The number of hydrogen-bond acceptors (Lipinski definition) is 5. The second-order valence-corrected chi connectivity index (χ2v) is 4.21. The Hall–Kier alpha value is -2.89. The van der Waals surface area contributed by atoms with Crippen molar-refractivity contribution in [3.05, 3.63) is 52.9 Å². The number of nitrogen functional groups attached to an aromatic ring is 1. The highest BCUT2D eigenvalue weighted by molar-refractivity contribution is 5.86. The van der Waals surface area contributed by atoms with Crippen molar-refractivity contribution >= 4 is 16.7 Å². The van der Waals surface area contributed by atoms with Crippen LogP contribution in [-0.4, -0.2) is 21.9 Å². The quantitative estimate of drug-likeness (QED) is 0.759. The van der Waals surface area contributed by atoms with E-state index < -0.39 is 5.43 Å². The number of aromatic nitrogens is 3. The second-order valence-electron chi connectivity index (χ2n) is 4.21. The molecule has 0 atom stereocenters. The lowest BCUT2D eigenvalue weighted by atomic mass is 10.2. The van der Waals surface area contributed by atoms with Gasteiger partial charge in [-0.2, -0.15) is 0 Å². The van der Waals surface area contributed by atoms with E-state index in [-0.39, 0.29) is 11.6 Å². The Morgan fingerprint density at radius 3 is 2.85 bits per heavy atom. The molecule has 0 bridgehead atoms. The number of hydrogen-bond donors (Lipinski definition) is 1. The van der Waals surface area contributed by atoms with Gasteiger partial charge in [-0.15, -0.1) is 5.10 Å². The molecule has 0 aliphatic carbocycles. The maximum atomic E-state index is 11.7. The Labute approximate surface area is 114 Å². The van der Waals surface area contributed by atoms with Gasteiger partial charge < -0.3 is 10.5 Å². The van der Waals surface area contributed by atoms with Crippen LogP contribution in [0.5, 0.6) is 5.75 Å². The molecule has 1 aromatic carbocycles. The lowest BCUT2D eigenvalue weighted by Crippen LogP contribution is -2.17. The molecule has 0 fully saturated rings. The van der Waals surface area contributed by atoms with Crippen LogP contribution in [0.3, 0.4) is 0 Å². The minimum Gasteiger partial charge on any atom is -0.491 e. The van der Waals surface area contributed by atoms with Crippen LogP contribution in [0.1, 0.15) is 0 Å². The molecule has 20 heavy (non-hydrogen) atoms. The molecule has 0 aliphatic rings. The van der Waals surface area contributed by atoms with Crippen LogP contribution in [0.25, 0.3) is 16.6 Å². The van der Waals surface area contributed by atoms with Gasteiger partial charge in [-0.05, 0) is 12.1 Å². The summed E-state index contributed by atoms with van der Waals surface area (Å²) in [4.78, 5) is 16.0. The number of anilines is 1. The average molecular weight is 268 g/mol. The van der Waals surface area contributed by atoms with Crippen LogP contribution in [0.2, 0.25) is 0 Å². The van der Waals surface area contributed by atoms with Crippen molar-refractivity contribution in [3.8, 4) is 11.4 Å². The Balaban J connectivity index is 2.31. The molecule has 3 rings (SSSR count). The lowest BCUT2D eigenvalue weighted by Gasteiger charge is -2.10. The smallest absolute Gasteiger partial charge is 0.265 e. The van der Waals surface area contributed by atoms with Crippen LogP contribution >= 0.6 is 0 Å². The largest absolute Gasteiger partial charge is 0.491 e. The minimum absolute atomic E-state index is 0.114. The number of fused-ring (bicyclic) bond motifs is 1. The highest BCUT2D eigenvalue weighted by Crippen LogP contribution is 2.20. The Kier molecular flexibility index (Phi) is 2.83. The number of para-hydroxylation sites is 1. The van der Waals surface area contributed by atoms with E-state index in [9.17, 15) is 4.79 Å². The van der Waals surface area contributed by atoms with Crippen molar-refractivity contribution < 1.29 is 4.74 Å². The van der Waals surface area contributed by atoms with Crippen LogP contribution in [0.15, 0.2) is 47.5 Å². The van der Waals surface area contributed by atoms with Gasteiger partial charge in [0.05, 0.1) is 24.5 Å². The summed E-state index contributed by atoms with van der Waals surface area (Å²) in [6.45, 7) is 0. The molecule has 0 saturated heterocycles. The van der Waals surface area contributed by atoms with E-state index in [0.29, 0.717) is 0 Å². The normalized spacial score (nSPS) is 10.7. The summed E-state index contributed by atoms with van der Waals surface area (Å²) < 4.78 is 6.53. The topological polar surface area (TPSA) is 83.0 Å². The van der Waals surface area contributed by atoms with Gasteiger partial charge >= 0.3 is 0 Å². The van der Waals surface area contributed by atoms with E-state index >= 15 is 0 Å². The van der Waals surface area contributed by atoms with Crippen molar-refractivity contribution in [3.63, 3.8) is 0 Å². The predicted octanol–water partition coefficient (Wildman–Crippen LogP) is 1.37. The fourth-order valence-corrected chi connectivity index (χ4v) is 2.03. The van der Waals surface area contributed by atoms with E-state index in [2.05, 4.69) is 10.1 Å². The molecule has 2 aromatic heterocycles. The summed E-state index contributed by atoms with van der Waals surface area (Å²) in [5.74, 6) is 0.0303.